The fraction of sp³-hybridized carbons (Fsp3) is 0.200. The number of halogens is 2. The van der Waals surface area contributed by atoms with E-state index in [1.165, 1.54) is 6.07 Å². The van der Waals surface area contributed by atoms with Gasteiger partial charge in [0.1, 0.15) is 11.5 Å². The molecule has 0 spiro atoms. The van der Waals surface area contributed by atoms with E-state index < -0.39 is 0 Å². The molecule has 0 saturated carbocycles. The minimum atomic E-state index is -0.370. The molecule has 0 heterocycles. The summed E-state index contributed by atoms with van der Waals surface area (Å²) in [5.41, 5.74) is 0.872. The summed E-state index contributed by atoms with van der Waals surface area (Å²) in [7, 11) is 0. The molecule has 19 heavy (non-hydrogen) atoms. The van der Waals surface area contributed by atoms with E-state index in [1.807, 2.05) is 13.0 Å². The molecule has 0 atom stereocenters. The Morgan fingerprint density at radius 2 is 1.74 bits per heavy atom. The van der Waals surface area contributed by atoms with Crippen LogP contribution in [-0.2, 0) is 5.33 Å². The number of ether oxygens (including phenoxy) is 2. The smallest absolute Gasteiger partial charge is 0.166 e. The molecule has 0 aliphatic rings. The van der Waals surface area contributed by atoms with Gasteiger partial charge >= 0.3 is 0 Å². The molecular weight excluding hydrogens is 311 g/mol. The molecule has 0 aliphatic heterocycles. The lowest BCUT2D eigenvalue weighted by molar-refractivity contribution is 0.339. The van der Waals surface area contributed by atoms with E-state index in [0.29, 0.717) is 17.7 Å². The molecule has 2 nitrogen and oxygen atoms in total. The minimum absolute atomic E-state index is 0.217. The normalized spacial score (nSPS) is 10.3. The van der Waals surface area contributed by atoms with Gasteiger partial charge in [-0.25, -0.2) is 4.39 Å². The van der Waals surface area contributed by atoms with Gasteiger partial charge in [-0.2, -0.15) is 0 Å². The van der Waals surface area contributed by atoms with Gasteiger partial charge in [-0.05, 0) is 48.9 Å². The molecule has 0 bridgehead atoms. The highest BCUT2D eigenvalue weighted by atomic mass is 79.9. The van der Waals surface area contributed by atoms with Crippen LogP contribution in [0.1, 0.15) is 12.5 Å². The average Bonchev–Trinajstić information content (AvgIpc) is 2.43. The monoisotopic (exact) mass is 324 g/mol. The van der Waals surface area contributed by atoms with E-state index in [0.717, 1.165) is 11.3 Å². The summed E-state index contributed by atoms with van der Waals surface area (Å²) in [5, 5.41) is 0.618. The molecule has 0 amide bonds. The largest absolute Gasteiger partial charge is 0.494 e. The summed E-state index contributed by atoms with van der Waals surface area (Å²) in [5.74, 6) is 1.19. The third-order valence-corrected chi connectivity index (χ3v) is 3.16. The first kappa shape index (κ1) is 13.9. The third kappa shape index (κ3) is 3.70. The van der Waals surface area contributed by atoms with Crippen LogP contribution < -0.4 is 9.47 Å². The zero-order valence-electron chi connectivity index (χ0n) is 10.5. The van der Waals surface area contributed by atoms with Crippen molar-refractivity contribution in [2.75, 3.05) is 6.61 Å². The van der Waals surface area contributed by atoms with Gasteiger partial charge in [-0.3, -0.25) is 0 Å². The van der Waals surface area contributed by atoms with E-state index >= 15 is 0 Å². The molecule has 2 aromatic rings. The maximum absolute atomic E-state index is 13.8. The van der Waals surface area contributed by atoms with Crippen LogP contribution in [0.15, 0.2) is 42.5 Å². The molecule has 100 valence electrons. The summed E-state index contributed by atoms with van der Waals surface area (Å²) in [6.45, 7) is 2.54. The first-order valence-corrected chi connectivity index (χ1v) is 7.10. The Bertz CT molecular complexity index is 540. The lowest BCUT2D eigenvalue weighted by atomic mass is 10.2. The number of alkyl halides is 1. The van der Waals surface area contributed by atoms with E-state index in [9.17, 15) is 4.39 Å². The van der Waals surface area contributed by atoms with Gasteiger partial charge in [0, 0.05) is 5.33 Å². The molecule has 0 N–H and O–H groups in total. The first-order valence-electron chi connectivity index (χ1n) is 5.98. The number of hydrogen-bond donors (Lipinski definition) is 0. The Morgan fingerprint density at radius 1 is 1.05 bits per heavy atom. The maximum atomic E-state index is 13.8. The van der Waals surface area contributed by atoms with Crippen LogP contribution in [0.3, 0.4) is 0 Å². The van der Waals surface area contributed by atoms with Crippen molar-refractivity contribution in [3.63, 3.8) is 0 Å². The van der Waals surface area contributed by atoms with Crippen molar-refractivity contribution < 1.29 is 13.9 Å². The van der Waals surface area contributed by atoms with Gasteiger partial charge in [0.2, 0.25) is 0 Å². The fourth-order valence-corrected chi connectivity index (χ4v) is 1.96. The molecule has 2 rings (SSSR count). The van der Waals surface area contributed by atoms with E-state index in [-0.39, 0.29) is 11.6 Å². The van der Waals surface area contributed by atoms with Crippen molar-refractivity contribution in [1.29, 1.82) is 0 Å². The Kier molecular flexibility index (Phi) is 4.80. The molecule has 2 aromatic carbocycles. The van der Waals surface area contributed by atoms with Crippen molar-refractivity contribution >= 4 is 15.9 Å². The van der Waals surface area contributed by atoms with Crippen LogP contribution >= 0.6 is 15.9 Å². The van der Waals surface area contributed by atoms with E-state index in [1.54, 1.807) is 30.3 Å². The second kappa shape index (κ2) is 6.57. The van der Waals surface area contributed by atoms with Crippen LogP contribution in [-0.4, -0.2) is 6.61 Å². The molecule has 4 heteroatoms. The zero-order chi connectivity index (χ0) is 13.7. The first-order chi connectivity index (χ1) is 9.22. The van der Waals surface area contributed by atoms with Gasteiger partial charge in [-0.15, -0.1) is 0 Å². The predicted molar refractivity (Wildman–Crippen MR) is 76.7 cm³/mol. The van der Waals surface area contributed by atoms with E-state index in [4.69, 9.17) is 9.47 Å². The SMILES string of the molecule is CCOc1ccc(Oc2ccc(CBr)cc2F)cc1. The second-order valence-corrected chi connectivity index (χ2v) is 4.47. The summed E-state index contributed by atoms with van der Waals surface area (Å²) >= 11 is 3.28. The number of rotatable bonds is 5. The summed E-state index contributed by atoms with van der Waals surface area (Å²) in [6, 6.07) is 12.0. The van der Waals surface area contributed by atoms with Gasteiger partial charge in [0.05, 0.1) is 6.61 Å². The summed E-state index contributed by atoms with van der Waals surface area (Å²) < 4.78 is 24.6. The summed E-state index contributed by atoms with van der Waals surface area (Å²) in [6.07, 6.45) is 0. The average molecular weight is 325 g/mol. The van der Waals surface area contributed by atoms with E-state index in [2.05, 4.69) is 15.9 Å². The molecule has 0 aliphatic carbocycles. The van der Waals surface area contributed by atoms with Gasteiger partial charge in [0.15, 0.2) is 11.6 Å². The standard InChI is InChI=1S/C15H14BrFO2/c1-2-18-12-4-6-13(7-5-12)19-15-8-3-11(10-16)9-14(15)17/h3-9H,2,10H2,1H3. The van der Waals surface area contributed by atoms with Crippen LogP contribution in [0.5, 0.6) is 17.2 Å². The molecule has 0 fully saturated rings. The number of benzene rings is 2. The highest BCUT2D eigenvalue weighted by molar-refractivity contribution is 9.08. The van der Waals surface area contributed by atoms with Crippen LogP contribution in [0.25, 0.3) is 0 Å². The highest BCUT2D eigenvalue weighted by Crippen LogP contribution is 2.27. The second-order valence-electron chi connectivity index (χ2n) is 3.90. The lowest BCUT2D eigenvalue weighted by Gasteiger charge is -2.08. The molecule has 0 saturated heterocycles. The molecular formula is C15H14BrFO2. The van der Waals surface area contributed by atoms with Gasteiger partial charge < -0.3 is 9.47 Å². The van der Waals surface area contributed by atoms with Gasteiger partial charge in [0.25, 0.3) is 0 Å². The Labute approximate surface area is 120 Å². The van der Waals surface area contributed by atoms with Crippen molar-refractivity contribution in [2.24, 2.45) is 0 Å². The van der Waals surface area contributed by atoms with Crippen molar-refractivity contribution in [1.82, 2.24) is 0 Å². The van der Waals surface area contributed by atoms with Crippen molar-refractivity contribution in [2.45, 2.75) is 12.3 Å². The zero-order valence-corrected chi connectivity index (χ0v) is 12.1. The third-order valence-electron chi connectivity index (χ3n) is 2.51. The molecule has 0 radical (unpaired) electrons. The van der Waals surface area contributed by atoms with Gasteiger partial charge in [-0.1, -0.05) is 22.0 Å². The van der Waals surface area contributed by atoms with Crippen LogP contribution in [0.4, 0.5) is 4.39 Å². The van der Waals surface area contributed by atoms with Crippen molar-refractivity contribution in [3.05, 3.63) is 53.8 Å². The highest BCUT2D eigenvalue weighted by Gasteiger charge is 2.06. The lowest BCUT2D eigenvalue weighted by Crippen LogP contribution is -1.92. The number of hydrogen-bond acceptors (Lipinski definition) is 2. The topological polar surface area (TPSA) is 18.5 Å². The van der Waals surface area contributed by atoms with Crippen LogP contribution in [0.2, 0.25) is 0 Å². The quantitative estimate of drug-likeness (QED) is 0.727. The molecule has 0 aromatic heterocycles. The summed E-state index contributed by atoms with van der Waals surface area (Å²) in [4.78, 5) is 0. The van der Waals surface area contributed by atoms with Crippen molar-refractivity contribution in [3.8, 4) is 17.2 Å². The Hall–Kier alpha value is -1.55. The fourth-order valence-electron chi connectivity index (χ4n) is 1.61. The Balaban J connectivity index is 2.12. The Morgan fingerprint density at radius 3 is 2.32 bits per heavy atom. The predicted octanol–water partition coefficient (Wildman–Crippen LogP) is 4.91. The van der Waals surface area contributed by atoms with Crippen LogP contribution in [0, 0.1) is 5.82 Å². The molecule has 0 unspecified atom stereocenters. The minimum Gasteiger partial charge on any atom is -0.494 e. The maximum Gasteiger partial charge on any atom is 0.166 e.